The molecule has 0 unspecified atom stereocenters. The second-order valence-electron chi connectivity index (χ2n) is 3.81. The van der Waals surface area contributed by atoms with Crippen molar-refractivity contribution in [2.24, 2.45) is 0 Å². The second kappa shape index (κ2) is 2.82. The highest BCUT2D eigenvalue weighted by Crippen LogP contribution is 2.41. The average molecular weight is 242 g/mol. The van der Waals surface area contributed by atoms with Crippen molar-refractivity contribution in [2.75, 3.05) is 6.54 Å². The molecular weight excluding hydrogens is 230 g/mol. The van der Waals surface area contributed by atoms with E-state index in [1.807, 2.05) is 0 Å². The zero-order chi connectivity index (χ0) is 8.84. The minimum Gasteiger partial charge on any atom is -0.328 e. The van der Waals surface area contributed by atoms with Gasteiger partial charge in [-0.3, -0.25) is 0 Å². The van der Waals surface area contributed by atoms with Gasteiger partial charge in [0.05, 0.1) is 5.69 Å². The van der Waals surface area contributed by atoms with Gasteiger partial charge in [-0.15, -0.1) is 0 Å². The Kier molecular flexibility index (Phi) is 1.73. The van der Waals surface area contributed by atoms with E-state index in [9.17, 15) is 0 Å². The van der Waals surface area contributed by atoms with Crippen LogP contribution in [0.3, 0.4) is 0 Å². The number of nitrogens with zero attached hydrogens (tertiary/aromatic N) is 2. The third kappa shape index (κ3) is 1.23. The normalized spacial score (nSPS) is 21.6. The molecule has 13 heavy (non-hydrogen) atoms. The molecule has 0 amide bonds. The molecule has 0 spiro atoms. The summed E-state index contributed by atoms with van der Waals surface area (Å²) in [5, 5.41) is 3.36. The van der Waals surface area contributed by atoms with Crippen LogP contribution in [-0.4, -0.2) is 16.1 Å². The maximum atomic E-state index is 4.59. The zero-order valence-corrected chi connectivity index (χ0v) is 8.97. The lowest BCUT2D eigenvalue weighted by Gasteiger charge is -2.17. The number of hydrogen-bond acceptors (Lipinski definition) is 2. The second-order valence-corrected chi connectivity index (χ2v) is 4.56. The first-order valence-electron chi connectivity index (χ1n) is 4.82. The predicted octanol–water partition coefficient (Wildman–Crippen LogP) is 1.63. The lowest BCUT2D eigenvalue weighted by molar-refractivity contribution is 0.500. The Morgan fingerprint density at radius 1 is 1.46 bits per heavy atom. The molecule has 2 heterocycles. The molecule has 1 fully saturated rings. The van der Waals surface area contributed by atoms with Crippen molar-refractivity contribution in [3.63, 3.8) is 0 Å². The van der Waals surface area contributed by atoms with Gasteiger partial charge in [-0.25, -0.2) is 4.98 Å². The minimum absolute atomic E-state index is 0.753. The molecular formula is C9H12BrN3. The SMILES string of the molecule is Brc1nc(C2CC2)n2c1CNCC2. The van der Waals surface area contributed by atoms with Crippen LogP contribution in [0.1, 0.15) is 30.3 Å². The predicted molar refractivity (Wildman–Crippen MR) is 53.6 cm³/mol. The quantitative estimate of drug-likeness (QED) is 0.811. The van der Waals surface area contributed by atoms with E-state index >= 15 is 0 Å². The first kappa shape index (κ1) is 8.00. The summed E-state index contributed by atoms with van der Waals surface area (Å²) in [7, 11) is 0. The van der Waals surface area contributed by atoms with Crippen LogP contribution < -0.4 is 5.32 Å². The monoisotopic (exact) mass is 241 g/mol. The summed E-state index contributed by atoms with van der Waals surface area (Å²) in [5.41, 5.74) is 1.33. The Balaban J connectivity index is 2.09. The molecule has 0 bridgehead atoms. The summed E-state index contributed by atoms with van der Waals surface area (Å²) in [6.07, 6.45) is 2.66. The van der Waals surface area contributed by atoms with Crippen LogP contribution >= 0.6 is 15.9 Å². The highest BCUT2D eigenvalue weighted by Gasteiger charge is 2.31. The van der Waals surface area contributed by atoms with Crippen LogP contribution in [0.5, 0.6) is 0 Å². The van der Waals surface area contributed by atoms with Gasteiger partial charge < -0.3 is 9.88 Å². The van der Waals surface area contributed by atoms with Crippen LogP contribution in [0, 0.1) is 0 Å². The lowest BCUT2D eigenvalue weighted by Crippen LogP contribution is -2.28. The summed E-state index contributed by atoms with van der Waals surface area (Å²) in [4.78, 5) is 4.59. The van der Waals surface area contributed by atoms with Crippen molar-refractivity contribution in [3.8, 4) is 0 Å². The Hall–Kier alpha value is -0.350. The number of rotatable bonds is 1. The van der Waals surface area contributed by atoms with Crippen molar-refractivity contribution in [1.82, 2.24) is 14.9 Å². The third-order valence-corrected chi connectivity index (χ3v) is 3.44. The number of halogens is 1. The van der Waals surface area contributed by atoms with Crippen LogP contribution in [-0.2, 0) is 13.1 Å². The maximum absolute atomic E-state index is 4.59. The maximum Gasteiger partial charge on any atom is 0.128 e. The highest BCUT2D eigenvalue weighted by molar-refractivity contribution is 9.10. The van der Waals surface area contributed by atoms with Crippen molar-refractivity contribution in [1.29, 1.82) is 0 Å². The fraction of sp³-hybridized carbons (Fsp3) is 0.667. The van der Waals surface area contributed by atoms with Gasteiger partial charge in [-0.2, -0.15) is 0 Å². The summed E-state index contributed by atoms with van der Waals surface area (Å²) in [6, 6.07) is 0. The van der Waals surface area contributed by atoms with Gasteiger partial charge in [0.1, 0.15) is 10.4 Å². The molecule has 0 saturated heterocycles. The summed E-state index contributed by atoms with van der Waals surface area (Å²) < 4.78 is 3.43. The molecule has 0 atom stereocenters. The molecule has 0 radical (unpaired) electrons. The van der Waals surface area contributed by atoms with Gasteiger partial charge in [-0.1, -0.05) is 0 Å². The summed E-state index contributed by atoms with van der Waals surface area (Å²) >= 11 is 3.53. The third-order valence-electron chi connectivity index (χ3n) is 2.80. The fourth-order valence-electron chi connectivity index (χ4n) is 1.94. The average Bonchev–Trinajstić information content (AvgIpc) is 2.94. The van der Waals surface area contributed by atoms with Crippen molar-refractivity contribution in [2.45, 2.75) is 31.8 Å². The molecule has 4 heteroatoms. The summed E-state index contributed by atoms with van der Waals surface area (Å²) in [5.74, 6) is 2.06. The number of aromatic nitrogens is 2. The van der Waals surface area contributed by atoms with E-state index in [2.05, 4.69) is 30.8 Å². The number of hydrogen-bond donors (Lipinski definition) is 1. The summed E-state index contributed by atoms with van der Waals surface area (Å²) in [6.45, 7) is 3.12. The number of nitrogens with one attached hydrogen (secondary N) is 1. The van der Waals surface area contributed by atoms with Crippen molar-refractivity contribution in [3.05, 3.63) is 16.1 Å². The first-order chi connectivity index (χ1) is 6.36. The molecule has 0 aromatic carbocycles. The van der Waals surface area contributed by atoms with Gasteiger partial charge in [0.25, 0.3) is 0 Å². The molecule has 70 valence electrons. The number of fused-ring (bicyclic) bond motifs is 1. The first-order valence-corrected chi connectivity index (χ1v) is 5.61. The lowest BCUT2D eigenvalue weighted by atomic mass is 10.3. The standard InChI is InChI=1S/C9H12BrN3/c10-8-7-5-11-3-4-13(7)9(12-8)6-1-2-6/h6,11H,1-5H2. The highest BCUT2D eigenvalue weighted by atomic mass is 79.9. The molecule has 1 aliphatic carbocycles. The molecule has 1 aromatic rings. The van der Waals surface area contributed by atoms with E-state index in [1.165, 1.54) is 24.4 Å². The number of imidazole rings is 1. The Morgan fingerprint density at radius 3 is 3.08 bits per heavy atom. The molecule has 1 aromatic heterocycles. The van der Waals surface area contributed by atoms with Gasteiger partial charge in [0, 0.05) is 25.6 Å². The smallest absolute Gasteiger partial charge is 0.128 e. The van der Waals surface area contributed by atoms with Crippen LogP contribution in [0.2, 0.25) is 0 Å². The van der Waals surface area contributed by atoms with E-state index in [0.29, 0.717) is 0 Å². The van der Waals surface area contributed by atoms with Crippen LogP contribution in [0.15, 0.2) is 4.60 Å². The van der Waals surface area contributed by atoms with E-state index in [0.717, 1.165) is 30.2 Å². The topological polar surface area (TPSA) is 29.9 Å². The van der Waals surface area contributed by atoms with Crippen LogP contribution in [0.25, 0.3) is 0 Å². The molecule has 1 N–H and O–H groups in total. The Bertz CT molecular complexity index is 341. The molecule has 1 saturated carbocycles. The van der Waals surface area contributed by atoms with E-state index in [-0.39, 0.29) is 0 Å². The van der Waals surface area contributed by atoms with Gasteiger partial charge in [0.15, 0.2) is 0 Å². The molecule has 3 nitrogen and oxygen atoms in total. The zero-order valence-electron chi connectivity index (χ0n) is 7.39. The molecule has 2 aliphatic rings. The van der Waals surface area contributed by atoms with E-state index in [1.54, 1.807) is 0 Å². The minimum atomic E-state index is 0.753. The fourth-order valence-corrected chi connectivity index (χ4v) is 2.48. The Morgan fingerprint density at radius 2 is 2.31 bits per heavy atom. The molecule has 1 aliphatic heterocycles. The van der Waals surface area contributed by atoms with Gasteiger partial charge in [-0.05, 0) is 28.8 Å². The van der Waals surface area contributed by atoms with Gasteiger partial charge in [0.2, 0.25) is 0 Å². The van der Waals surface area contributed by atoms with Crippen molar-refractivity contribution < 1.29 is 0 Å². The van der Waals surface area contributed by atoms with Gasteiger partial charge >= 0.3 is 0 Å². The largest absolute Gasteiger partial charge is 0.328 e. The van der Waals surface area contributed by atoms with E-state index in [4.69, 9.17) is 0 Å². The molecule has 3 rings (SSSR count). The van der Waals surface area contributed by atoms with Crippen molar-refractivity contribution >= 4 is 15.9 Å². The Labute approximate surface area is 85.7 Å². The van der Waals surface area contributed by atoms with E-state index < -0.39 is 0 Å². The van der Waals surface area contributed by atoms with Crippen LogP contribution in [0.4, 0.5) is 0 Å².